The average Bonchev–Trinajstić information content (AvgIpc) is 3.21. The summed E-state index contributed by atoms with van der Waals surface area (Å²) < 4.78 is 33.4. The van der Waals surface area contributed by atoms with Gasteiger partial charge in [-0.3, -0.25) is 9.59 Å². The van der Waals surface area contributed by atoms with Gasteiger partial charge in [0.05, 0.1) is 19.8 Å². The van der Waals surface area contributed by atoms with Crippen LogP contribution in [0.15, 0.2) is 12.2 Å². The lowest BCUT2D eigenvalue weighted by Gasteiger charge is -2.42. The van der Waals surface area contributed by atoms with Crippen molar-refractivity contribution in [3.05, 3.63) is 12.2 Å². The first-order valence-electron chi connectivity index (χ1n) is 22.3. The molecule has 4 unspecified atom stereocenters. The first-order valence-corrected chi connectivity index (χ1v) is 22.3. The second-order valence-electron chi connectivity index (χ2n) is 15.9. The molecule has 0 radical (unpaired) electrons. The molecule has 2 rings (SSSR count). The Balaban J connectivity index is 1.86. The van der Waals surface area contributed by atoms with Crippen molar-refractivity contribution in [3.63, 3.8) is 0 Å². The van der Waals surface area contributed by atoms with Gasteiger partial charge in [-0.05, 0) is 38.5 Å². The van der Waals surface area contributed by atoms with Gasteiger partial charge in [-0.15, -0.1) is 0 Å². The molecular formula is C43H78O15. The fourth-order valence-electron chi connectivity index (χ4n) is 6.97. The summed E-state index contributed by atoms with van der Waals surface area (Å²) >= 11 is 0. The van der Waals surface area contributed by atoms with Gasteiger partial charge in [0.25, 0.3) is 0 Å². The Hall–Kier alpha value is -1.76. The molecule has 0 aromatic heterocycles. The number of unbranched alkanes of at least 4 members (excludes halogenated alkanes) is 17. The smallest absolute Gasteiger partial charge is 0.306 e. The van der Waals surface area contributed by atoms with Crippen LogP contribution in [-0.4, -0.2) is 142 Å². The average molecular weight is 835 g/mol. The lowest BCUT2D eigenvalue weighted by atomic mass is 9.98. The number of hydrogen-bond acceptors (Lipinski definition) is 15. The van der Waals surface area contributed by atoms with Gasteiger partial charge in [0, 0.05) is 12.8 Å². The maximum atomic E-state index is 12.9. The molecule has 58 heavy (non-hydrogen) atoms. The summed E-state index contributed by atoms with van der Waals surface area (Å²) in [6.45, 7) is 2.52. The first kappa shape index (κ1) is 52.4. The number of carbonyl (C=O) groups excluding carboxylic acids is 2. The molecule has 2 aliphatic rings. The molecule has 7 N–H and O–H groups in total. The van der Waals surface area contributed by atoms with E-state index in [1.807, 2.05) is 0 Å². The van der Waals surface area contributed by atoms with E-state index >= 15 is 0 Å². The van der Waals surface area contributed by atoms with Crippen LogP contribution in [0.3, 0.4) is 0 Å². The zero-order chi connectivity index (χ0) is 42.5. The van der Waals surface area contributed by atoms with Crippen molar-refractivity contribution in [2.45, 2.75) is 223 Å². The van der Waals surface area contributed by atoms with E-state index in [-0.39, 0.29) is 26.1 Å². The molecule has 0 aromatic carbocycles. The van der Waals surface area contributed by atoms with Crippen molar-refractivity contribution >= 4 is 11.9 Å². The highest BCUT2D eigenvalue weighted by atomic mass is 16.7. The van der Waals surface area contributed by atoms with E-state index in [0.29, 0.717) is 12.8 Å². The van der Waals surface area contributed by atoms with Crippen LogP contribution in [0.25, 0.3) is 0 Å². The van der Waals surface area contributed by atoms with Crippen molar-refractivity contribution in [3.8, 4) is 0 Å². The van der Waals surface area contributed by atoms with Crippen LogP contribution in [0.4, 0.5) is 0 Å². The zero-order valence-corrected chi connectivity index (χ0v) is 35.3. The Bertz CT molecular complexity index is 1080. The standard InChI is InChI=1S/C43H78O15/c1-3-5-7-9-11-13-14-15-16-18-19-21-23-25-34(45)53-28-31(56-35(46)26-24-22-20-17-12-10-8-6-4-2)29-54-42-41(52)39(50)37(48)33(58-42)30-55-43-40(51)38(49)36(47)32(27-44)57-43/h13-14,31-33,36-44,47-52H,3-12,15-30H2,1-2H3/b14-13+/t31-,32-,33-,36+,37+,38?,39?,40?,41?,42-,43-/m1/s1. The van der Waals surface area contributed by atoms with Gasteiger partial charge in [-0.1, -0.05) is 116 Å². The van der Waals surface area contributed by atoms with Crippen molar-refractivity contribution in [2.24, 2.45) is 0 Å². The third-order valence-electron chi connectivity index (χ3n) is 10.7. The minimum absolute atomic E-state index is 0.167. The Morgan fingerprint density at radius 3 is 1.53 bits per heavy atom. The second-order valence-corrected chi connectivity index (χ2v) is 15.9. The Morgan fingerprint density at radius 1 is 0.534 bits per heavy atom. The lowest BCUT2D eigenvalue weighted by Crippen LogP contribution is -2.61. The highest BCUT2D eigenvalue weighted by Gasteiger charge is 2.47. The molecule has 15 nitrogen and oxygen atoms in total. The number of ether oxygens (including phenoxy) is 6. The molecular weight excluding hydrogens is 756 g/mol. The number of aliphatic hydroxyl groups is 7. The summed E-state index contributed by atoms with van der Waals surface area (Å²) in [5, 5.41) is 71.7. The number of carbonyl (C=O) groups is 2. The van der Waals surface area contributed by atoms with E-state index in [1.165, 1.54) is 57.8 Å². The summed E-state index contributed by atoms with van der Waals surface area (Å²) in [6.07, 6.45) is 9.85. The maximum absolute atomic E-state index is 12.9. The zero-order valence-electron chi connectivity index (χ0n) is 35.3. The molecule has 11 atom stereocenters. The lowest BCUT2D eigenvalue weighted by molar-refractivity contribution is -0.332. The SMILES string of the molecule is CCCCCC/C=C/CCCCCCCC(=O)OC[C@H](CO[C@@H]1O[C@H](CO[C@@H]2O[C@H](CO)[C@H](O)C(O)C2O)[C@H](O)C(O)C1O)OC(=O)CCCCCCCCCCC. The van der Waals surface area contributed by atoms with Crippen molar-refractivity contribution < 1.29 is 73.8 Å². The van der Waals surface area contributed by atoms with Crippen LogP contribution in [0.5, 0.6) is 0 Å². The number of hydrogen-bond donors (Lipinski definition) is 7. The van der Waals surface area contributed by atoms with Gasteiger partial charge in [0.1, 0.15) is 55.4 Å². The fraction of sp³-hybridized carbons (Fsp3) is 0.907. The topological polar surface area (TPSA) is 231 Å². The molecule has 2 heterocycles. The normalized spacial score (nSPS) is 28.2. The molecule has 340 valence electrons. The van der Waals surface area contributed by atoms with Gasteiger partial charge in [0.2, 0.25) is 0 Å². The minimum atomic E-state index is -1.76. The van der Waals surface area contributed by atoms with Gasteiger partial charge < -0.3 is 64.2 Å². The summed E-state index contributed by atoms with van der Waals surface area (Å²) in [7, 11) is 0. The van der Waals surface area contributed by atoms with Gasteiger partial charge in [-0.25, -0.2) is 0 Å². The van der Waals surface area contributed by atoms with Crippen LogP contribution in [0, 0.1) is 0 Å². The van der Waals surface area contributed by atoms with Crippen molar-refractivity contribution in [1.29, 1.82) is 0 Å². The molecule has 0 amide bonds. The second kappa shape index (κ2) is 32.0. The third-order valence-corrected chi connectivity index (χ3v) is 10.7. The first-order chi connectivity index (χ1) is 28.0. The number of aliphatic hydroxyl groups excluding tert-OH is 7. The molecule has 2 aliphatic heterocycles. The predicted molar refractivity (Wildman–Crippen MR) is 215 cm³/mol. The van der Waals surface area contributed by atoms with Gasteiger partial charge in [-0.2, -0.15) is 0 Å². The molecule has 0 aromatic rings. The van der Waals surface area contributed by atoms with Crippen LogP contribution >= 0.6 is 0 Å². The maximum Gasteiger partial charge on any atom is 0.306 e. The number of rotatable bonds is 33. The van der Waals surface area contributed by atoms with E-state index in [1.54, 1.807) is 0 Å². The van der Waals surface area contributed by atoms with Crippen molar-refractivity contribution in [1.82, 2.24) is 0 Å². The summed E-state index contributed by atoms with van der Waals surface area (Å²) in [5.74, 6) is -0.936. The number of esters is 2. The third kappa shape index (κ3) is 21.2. The monoisotopic (exact) mass is 835 g/mol. The summed E-state index contributed by atoms with van der Waals surface area (Å²) in [4.78, 5) is 25.5. The summed E-state index contributed by atoms with van der Waals surface area (Å²) in [5.41, 5.74) is 0. The van der Waals surface area contributed by atoms with E-state index in [9.17, 15) is 45.3 Å². The quantitative estimate of drug-likeness (QED) is 0.0278. The largest absolute Gasteiger partial charge is 0.462 e. The summed E-state index contributed by atoms with van der Waals surface area (Å²) in [6, 6.07) is 0. The van der Waals surface area contributed by atoms with Crippen LogP contribution in [0.2, 0.25) is 0 Å². The molecule has 0 aliphatic carbocycles. The Kier molecular flexibility index (Phi) is 28.9. The molecule has 15 heteroatoms. The van der Waals surface area contributed by atoms with Gasteiger partial charge in [0.15, 0.2) is 18.7 Å². The van der Waals surface area contributed by atoms with Crippen molar-refractivity contribution in [2.75, 3.05) is 26.4 Å². The predicted octanol–water partition coefficient (Wildman–Crippen LogP) is 4.26. The Labute approximate surface area is 346 Å². The van der Waals surface area contributed by atoms with E-state index in [2.05, 4.69) is 26.0 Å². The molecule has 0 spiro atoms. The molecule has 2 fully saturated rings. The molecule has 2 saturated heterocycles. The van der Waals surface area contributed by atoms with E-state index < -0.39 is 92.7 Å². The molecule has 0 saturated carbocycles. The highest BCUT2D eigenvalue weighted by Crippen LogP contribution is 2.26. The van der Waals surface area contributed by atoms with Crippen LogP contribution in [-0.2, 0) is 38.0 Å². The fourth-order valence-corrected chi connectivity index (χ4v) is 6.97. The number of allylic oxidation sites excluding steroid dienone is 2. The highest BCUT2D eigenvalue weighted by molar-refractivity contribution is 5.70. The van der Waals surface area contributed by atoms with E-state index in [0.717, 1.165) is 57.8 Å². The molecule has 0 bridgehead atoms. The van der Waals surface area contributed by atoms with Crippen LogP contribution in [0.1, 0.15) is 155 Å². The van der Waals surface area contributed by atoms with E-state index in [4.69, 9.17) is 28.4 Å². The van der Waals surface area contributed by atoms with Gasteiger partial charge >= 0.3 is 11.9 Å². The minimum Gasteiger partial charge on any atom is -0.462 e. The Morgan fingerprint density at radius 2 is 0.983 bits per heavy atom. The van der Waals surface area contributed by atoms with Crippen LogP contribution < -0.4 is 0 Å².